The monoisotopic (exact) mass is 584 g/mol. The highest BCUT2D eigenvalue weighted by molar-refractivity contribution is 7.98. The van der Waals surface area contributed by atoms with Crippen LogP contribution in [0.1, 0.15) is 72.5 Å². The van der Waals surface area contributed by atoms with E-state index in [0.717, 1.165) is 53.0 Å². The van der Waals surface area contributed by atoms with E-state index in [0.29, 0.717) is 27.5 Å². The summed E-state index contributed by atoms with van der Waals surface area (Å²) >= 11 is 1.47. The Bertz CT molecular complexity index is 1610. The van der Waals surface area contributed by atoms with Gasteiger partial charge >= 0.3 is 6.55 Å². The maximum Gasteiger partial charge on any atom is 0.333 e. The molecule has 1 fully saturated rings. The molecule has 0 spiro atoms. The number of nitrogens with one attached hydrogen (secondary N) is 2. The fourth-order valence-corrected chi connectivity index (χ4v) is 6.62. The van der Waals surface area contributed by atoms with Crippen LogP contribution in [0.15, 0.2) is 46.5 Å². The number of hydrogen-bond donors (Lipinski definition) is 2. The van der Waals surface area contributed by atoms with Crippen molar-refractivity contribution in [2.45, 2.75) is 76.6 Å². The van der Waals surface area contributed by atoms with E-state index in [1.165, 1.54) is 24.2 Å². The molecule has 218 valence electrons. The van der Waals surface area contributed by atoms with Crippen LogP contribution >= 0.6 is 11.8 Å². The number of aromatic amines is 1. The average Bonchev–Trinajstić information content (AvgIpc) is 3.54. The van der Waals surface area contributed by atoms with E-state index in [4.69, 9.17) is 4.74 Å². The molecule has 9 nitrogen and oxygen atoms in total. The van der Waals surface area contributed by atoms with Crippen LogP contribution in [-0.2, 0) is 6.54 Å². The fraction of sp³-hybridized carbons (Fsp3) is 0.448. The summed E-state index contributed by atoms with van der Waals surface area (Å²) in [6, 6.07) is 5.71. The molecule has 4 aromatic heterocycles. The Hall–Kier alpha value is -3.67. The third-order valence-electron chi connectivity index (χ3n) is 8.00. The van der Waals surface area contributed by atoms with Gasteiger partial charge in [-0.15, -0.1) is 11.8 Å². The van der Waals surface area contributed by atoms with Crippen molar-refractivity contribution in [3.8, 4) is 5.75 Å². The second-order valence-electron chi connectivity index (χ2n) is 10.5. The fourth-order valence-electron chi connectivity index (χ4n) is 5.92. The zero-order chi connectivity index (χ0) is 29.3. The Balaban J connectivity index is 1.32. The molecule has 0 unspecified atom stereocenters. The van der Waals surface area contributed by atoms with Gasteiger partial charge < -0.3 is 19.6 Å². The van der Waals surface area contributed by atoms with Gasteiger partial charge in [0.05, 0.1) is 24.1 Å². The van der Waals surface area contributed by atoms with Gasteiger partial charge in [0.25, 0.3) is 11.5 Å². The second kappa shape index (κ2) is 12.1. The zero-order valence-corrected chi connectivity index (χ0v) is 24.3. The van der Waals surface area contributed by atoms with Gasteiger partial charge in [-0.25, -0.2) is 9.67 Å². The Morgan fingerprint density at radius 3 is 2.71 bits per heavy atom. The molecule has 5 rings (SSSR count). The summed E-state index contributed by atoms with van der Waals surface area (Å²) in [7, 11) is 0. The van der Waals surface area contributed by atoms with E-state index in [1.54, 1.807) is 6.20 Å². The second-order valence-corrected chi connectivity index (χ2v) is 11.4. The Kier molecular flexibility index (Phi) is 8.48. The Labute approximate surface area is 240 Å². The van der Waals surface area contributed by atoms with Crippen LogP contribution in [0.4, 0.5) is 8.78 Å². The molecule has 0 bridgehead atoms. The van der Waals surface area contributed by atoms with Gasteiger partial charge in [-0.2, -0.15) is 13.9 Å². The van der Waals surface area contributed by atoms with Crippen LogP contribution in [0, 0.1) is 19.8 Å². The minimum absolute atomic E-state index is 0.0631. The van der Waals surface area contributed by atoms with E-state index < -0.39 is 6.55 Å². The van der Waals surface area contributed by atoms with Gasteiger partial charge in [0, 0.05) is 46.0 Å². The minimum atomic E-state index is -2.69. The van der Waals surface area contributed by atoms with Crippen molar-refractivity contribution >= 4 is 28.7 Å². The smallest absolute Gasteiger partial charge is 0.333 e. The summed E-state index contributed by atoms with van der Waals surface area (Å²) in [5.41, 5.74) is 3.23. The highest BCUT2D eigenvalue weighted by Gasteiger charge is 2.31. The van der Waals surface area contributed by atoms with Gasteiger partial charge in [0.1, 0.15) is 5.65 Å². The van der Waals surface area contributed by atoms with Crippen molar-refractivity contribution in [1.82, 2.24) is 29.6 Å². The lowest BCUT2D eigenvalue weighted by Gasteiger charge is -2.33. The van der Waals surface area contributed by atoms with E-state index in [-0.39, 0.29) is 30.2 Å². The number of carbonyl (C=O) groups excluding carboxylic acids is 1. The molecule has 12 heteroatoms. The summed E-state index contributed by atoms with van der Waals surface area (Å²) in [4.78, 5) is 34.5. The lowest BCUT2D eigenvalue weighted by Crippen LogP contribution is -2.29. The summed E-state index contributed by atoms with van der Waals surface area (Å²) in [6.07, 6.45) is 9.47. The molecule has 0 aliphatic heterocycles. The van der Waals surface area contributed by atoms with Gasteiger partial charge in [0.15, 0.2) is 5.75 Å². The number of ether oxygens (including phenoxy) is 1. The first-order valence-electron chi connectivity index (χ1n) is 13.7. The lowest BCUT2D eigenvalue weighted by atomic mass is 9.83. The minimum Gasteiger partial charge on any atom is -0.487 e. The van der Waals surface area contributed by atoms with E-state index in [1.807, 2.05) is 38.3 Å². The molecule has 1 aliphatic carbocycles. The number of amides is 1. The van der Waals surface area contributed by atoms with Crippen LogP contribution < -0.4 is 15.6 Å². The number of rotatable bonds is 9. The molecule has 1 aliphatic rings. The number of hydrogen-bond acceptors (Lipinski definition) is 6. The molecule has 41 heavy (non-hydrogen) atoms. The highest BCUT2D eigenvalue weighted by atomic mass is 32.2. The van der Waals surface area contributed by atoms with Crippen molar-refractivity contribution in [2.24, 2.45) is 5.92 Å². The number of halogens is 2. The summed E-state index contributed by atoms with van der Waals surface area (Å²) in [5.74, 6) is 0.423. The first-order valence-corrected chi connectivity index (χ1v) is 14.9. The SMILES string of the molecule is CSc1cc(C)[nH]c(=O)c1CNC(=O)c1c(C)n([C@H](C)C2CCC(Oc3cnn(C(F)F)c3)CC2)c2ncccc12. The van der Waals surface area contributed by atoms with Crippen molar-refractivity contribution in [1.29, 1.82) is 0 Å². The molecule has 0 radical (unpaired) electrons. The van der Waals surface area contributed by atoms with Crippen LogP contribution in [0.2, 0.25) is 0 Å². The van der Waals surface area contributed by atoms with Gasteiger partial charge in [-0.1, -0.05) is 0 Å². The van der Waals surface area contributed by atoms with E-state index in [9.17, 15) is 18.4 Å². The van der Waals surface area contributed by atoms with Crippen molar-refractivity contribution in [3.05, 3.63) is 69.7 Å². The lowest BCUT2D eigenvalue weighted by molar-refractivity contribution is 0.0557. The Morgan fingerprint density at radius 1 is 1.27 bits per heavy atom. The summed E-state index contributed by atoms with van der Waals surface area (Å²) in [5, 5.41) is 7.38. The Morgan fingerprint density at radius 2 is 2.02 bits per heavy atom. The number of fused-ring (bicyclic) bond motifs is 1. The van der Waals surface area contributed by atoms with Gasteiger partial charge in [0.2, 0.25) is 0 Å². The van der Waals surface area contributed by atoms with Crippen LogP contribution in [0.3, 0.4) is 0 Å². The normalized spacial score (nSPS) is 18.1. The third-order valence-corrected chi connectivity index (χ3v) is 8.80. The third kappa shape index (κ3) is 5.88. The molecular formula is C29H34F2N6O3S. The predicted octanol–water partition coefficient (Wildman–Crippen LogP) is 5.78. The number of alkyl halides is 2. The van der Waals surface area contributed by atoms with Gasteiger partial charge in [-0.05, 0) is 76.8 Å². The number of thioether (sulfide) groups is 1. The summed E-state index contributed by atoms with van der Waals surface area (Å²) in [6.45, 7) is 3.35. The average molecular weight is 585 g/mol. The number of aromatic nitrogens is 5. The first-order chi connectivity index (χ1) is 19.7. The topological polar surface area (TPSA) is 107 Å². The molecule has 0 aromatic carbocycles. The van der Waals surface area contributed by atoms with Crippen LogP contribution in [0.25, 0.3) is 11.0 Å². The quantitative estimate of drug-likeness (QED) is 0.242. The number of aryl methyl sites for hydroxylation is 1. The van der Waals surface area contributed by atoms with Crippen LogP contribution in [-0.4, -0.2) is 42.6 Å². The van der Waals surface area contributed by atoms with E-state index >= 15 is 0 Å². The molecule has 2 N–H and O–H groups in total. The molecular weight excluding hydrogens is 550 g/mol. The summed E-state index contributed by atoms with van der Waals surface area (Å²) < 4.78 is 34.3. The van der Waals surface area contributed by atoms with Crippen molar-refractivity contribution < 1.29 is 18.3 Å². The van der Waals surface area contributed by atoms with Crippen LogP contribution in [0.5, 0.6) is 5.75 Å². The number of carbonyl (C=O) groups is 1. The highest BCUT2D eigenvalue weighted by Crippen LogP contribution is 2.38. The number of pyridine rings is 2. The standard InChI is InChI=1S/C29H34F2N6O3S/c1-16-12-24(41-4)23(27(38)35-16)14-33-28(39)25-18(3)37(26-22(25)6-5-11-32-26)17(2)19-7-9-20(10-8-19)40-21-13-34-36(15-21)29(30)31/h5-6,11-13,15,17,19-20,29H,7-10,14H2,1-4H3,(H,33,39)(H,35,38)/t17-,19?,20?/m1/s1. The van der Waals surface area contributed by atoms with E-state index in [2.05, 4.69) is 31.9 Å². The first kappa shape index (κ1) is 28.8. The molecule has 4 aromatic rings. The molecule has 1 atom stereocenters. The molecule has 1 amide bonds. The maximum atomic E-state index is 13.6. The molecule has 1 saturated carbocycles. The number of H-pyrrole nitrogens is 1. The zero-order valence-electron chi connectivity index (χ0n) is 23.5. The van der Waals surface area contributed by atoms with Crippen molar-refractivity contribution in [2.75, 3.05) is 6.26 Å². The van der Waals surface area contributed by atoms with Crippen molar-refractivity contribution in [3.63, 3.8) is 0 Å². The molecule has 0 saturated heterocycles. The predicted molar refractivity (Wildman–Crippen MR) is 154 cm³/mol. The maximum absolute atomic E-state index is 13.6. The van der Waals surface area contributed by atoms with Gasteiger partial charge in [-0.3, -0.25) is 9.59 Å². The molecule has 4 heterocycles. The largest absolute Gasteiger partial charge is 0.487 e. The number of nitrogens with zero attached hydrogens (tertiary/aromatic N) is 4.